The second-order valence-electron chi connectivity index (χ2n) is 5.24. The summed E-state index contributed by atoms with van der Waals surface area (Å²) in [5.74, 6) is 0.831. The predicted octanol–water partition coefficient (Wildman–Crippen LogP) is 1.22. The minimum atomic E-state index is -0.000152. The van der Waals surface area contributed by atoms with Crippen molar-refractivity contribution in [1.29, 1.82) is 0 Å². The number of nitrogens with zero attached hydrogens (tertiary/aromatic N) is 4. The predicted molar refractivity (Wildman–Crippen MR) is 77.9 cm³/mol. The number of nitrogens with one attached hydrogen (secondary N) is 2. The van der Waals surface area contributed by atoms with Crippen molar-refractivity contribution in [3.8, 4) is 0 Å². The van der Waals surface area contributed by atoms with Gasteiger partial charge in [0.05, 0.1) is 0 Å². The van der Waals surface area contributed by atoms with E-state index < -0.39 is 0 Å². The average Bonchev–Trinajstić information content (AvgIpc) is 2.95. The van der Waals surface area contributed by atoms with Gasteiger partial charge in [-0.2, -0.15) is 5.10 Å². The second kappa shape index (κ2) is 5.90. The fourth-order valence-electron chi connectivity index (χ4n) is 2.50. The Morgan fingerprint density at radius 2 is 2.24 bits per heavy atom. The highest BCUT2D eigenvalue weighted by Gasteiger charge is 2.24. The molecule has 0 unspecified atom stereocenters. The van der Waals surface area contributed by atoms with Crippen LogP contribution in [0, 0.1) is 6.92 Å². The van der Waals surface area contributed by atoms with Crippen molar-refractivity contribution < 1.29 is 4.79 Å². The smallest absolute Gasteiger partial charge is 0.274 e. The third-order valence-corrected chi connectivity index (χ3v) is 3.64. The number of amides is 1. The Morgan fingerprint density at radius 1 is 1.43 bits per heavy atom. The number of carbonyl (C=O) groups excluding carboxylic acids is 1. The molecule has 0 aliphatic carbocycles. The fourth-order valence-corrected chi connectivity index (χ4v) is 2.50. The minimum absolute atomic E-state index is 0.000152. The lowest BCUT2D eigenvalue weighted by atomic mass is 10.0. The number of hydrogen-bond donors (Lipinski definition) is 2. The Bertz CT molecular complexity index is 603. The Kier molecular flexibility index (Phi) is 3.81. The van der Waals surface area contributed by atoms with Crippen LogP contribution in [-0.4, -0.2) is 50.1 Å². The first-order valence-electron chi connectivity index (χ1n) is 7.06. The summed E-state index contributed by atoms with van der Waals surface area (Å²) < 4.78 is 0. The van der Waals surface area contributed by atoms with Gasteiger partial charge in [-0.25, -0.2) is 9.97 Å². The molecular weight excluding hydrogens is 268 g/mol. The number of likely N-dealkylation sites (tertiary alicyclic amines) is 1. The maximum atomic E-state index is 12.3. The topological polar surface area (TPSA) is 86.8 Å². The van der Waals surface area contributed by atoms with Gasteiger partial charge in [0.2, 0.25) is 0 Å². The lowest BCUT2D eigenvalue weighted by Gasteiger charge is -2.32. The van der Waals surface area contributed by atoms with Crippen LogP contribution in [0.2, 0.25) is 0 Å². The molecule has 0 aromatic carbocycles. The molecule has 1 aliphatic heterocycles. The highest BCUT2D eigenvalue weighted by molar-refractivity contribution is 5.92. The summed E-state index contributed by atoms with van der Waals surface area (Å²) in [7, 11) is 0. The van der Waals surface area contributed by atoms with Gasteiger partial charge in [-0.3, -0.25) is 9.89 Å². The first-order chi connectivity index (χ1) is 10.2. The number of hydrogen-bond acceptors (Lipinski definition) is 5. The van der Waals surface area contributed by atoms with Crippen molar-refractivity contribution in [2.45, 2.75) is 25.8 Å². The number of aromatic nitrogens is 4. The Hall–Kier alpha value is -2.44. The van der Waals surface area contributed by atoms with Gasteiger partial charge in [-0.1, -0.05) is 0 Å². The molecule has 3 rings (SSSR count). The van der Waals surface area contributed by atoms with Crippen LogP contribution in [0.3, 0.4) is 0 Å². The summed E-state index contributed by atoms with van der Waals surface area (Å²) in [5, 5.41) is 10.2. The van der Waals surface area contributed by atoms with E-state index in [1.165, 1.54) is 6.33 Å². The van der Waals surface area contributed by atoms with Gasteiger partial charge in [0.15, 0.2) is 0 Å². The van der Waals surface area contributed by atoms with Gasteiger partial charge in [-0.15, -0.1) is 0 Å². The molecule has 1 aliphatic rings. The molecule has 1 saturated heterocycles. The van der Waals surface area contributed by atoms with Gasteiger partial charge in [0.25, 0.3) is 5.91 Å². The molecule has 1 fully saturated rings. The van der Waals surface area contributed by atoms with Crippen LogP contribution in [0.4, 0.5) is 5.82 Å². The fraction of sp³-hybridized carbons (Fsp3) is 0.429. The monoisotopic (exact) mass is 286 g/mol. The summed E-state index contributed by atoms with van der Waals surface area (Å²) >= 11 is 0. The quantitative estimate of drug-likeness (QED) is 0.886. The molecule has 110 valence electrons. The van der Waals surface area contributed by atoms with E-state index in [4.69, 9.17) is 0 Å². The number of rotatable bonds is 3. The molecule has 1 amide bonds. The zero-order valence-corrected chi connectivity index (χ0v) is 11.9. The van der Waals surface area contributed by atoms with E-state index in [1.54, 1.807) is 12.3 Å². The van der Waals surface area contributed by atoms with E-state index >= 15 is 0 Å². The van der Waals surface area contributed by atoms with E-state index in [-0.39, 0.29) is 5.91 Å². The van der Waals surface area contributed by atoms with Crippen molar-refractivity contribution in [3.63, 3.8) is 0 Å². The van der Waals surface area contributed by atoms with Gasteiger partial charge >= 0.3 is 0 Å². The molecule has 0 radical (unpaired) electrons. The molecule has 0 saturated carbocycles. The maximum absolute atomic E-state index is 12.3. The highest BCUT2D eigenvalue weighted by Crippen LogP contribution is 2.16. The second-order valence-corrected chi connectivity index (χ2v) is 5.24. The van der Waals surface area contributed by atoms with Crippen LogP contribution in [0.25, 0.3) is 0 Å². The lowest BCUT2D eigenvalue weighted by molar-refractivity contribution is 0.0712. The van der Waals surface area contributed by atoms with E-state index in [1.807, 2.05) is 17.9 Å². The van der Waals surface area contributed by atoms with Crippen LogP contribution in [0.15, 0.2) is 24.7 Å². The molecule has 7 heteroatoms. The number of aromatic amines is 1. The number of aryl methyl sites for hydroxylation is 1. The van der Waals surface area contributed by atoms with Gasteiger partial charge in [-0.05, 0) is 31.9 Å². The van der Waals surface area contributed by atoms with Crippen molar-refractivity contribution in [3.05, 3.63) is 36.0 Å². The molecule has 0 bridgehead atoms. The largest absolute Gasteiger partial charge is 0.367 e. The van der Waals surface area contributed by atoms with Gasteiger partial charge < -0.3 is 10.2 Å². The Balaban J connectivity index is 1.54. The number of anilines is 1. The van der Waals surface area contributed by atoms with Crippen LogP contribution in [0.5, 0.6) is 0 Å². The first-order valence-corrected chi connectivity index (χ1v) is 7.06. The molecule has 7 nitrogen and oxygen atoms in total. The molecule has 2 N–H and O–H groups in total. The standard InChI is InChI=1S/C14H18N6O/c1-10-8-12(19-18-10)14(21)20-6-3-11(4-7-20)17-13-2-5-15-9-16-13/h2,5,8-9,11H,3-4,6-7H2,1H3,(H,18,19)(H,15,16,17). The average molecular weight is 286 g/mol. The van der Waals surface area contributed by atoms with E-state index in [9.17, 15) is 4.79 Å². The molecule has 3 heterocycles. The SMILES string of the molecule is Cc1cc(C(=O)N2CCC(Nc3ccncn3)CC2)n[nH]1. The summed E-state index contributed by atoms with van der Waals surface area (Å²) in [6.45, 7) is 3.35. The zero-order valence-electron chi connectivity index (χ0n) is 11.9. The molecule has 0 spiro atoms. The number of carbonyl (C=O) groups is 1. The van der Waals surface area contributed by atoms with E-state index in [2.05, 4.69) is 25.5 Å². The molecule has 2 aromatic rings. The molecular formula is C14H18N6O. The number of piperidine rings is 1. The van der Waals surface area contributed by atoms with Crippen molar-refractivity contribution in [1.82, 2.24) is 25.1 Å². The highest BCUT2D eigenvalue weighted by atomic mass is 16.2. The van der Waals surface area contributed by atoms with Crippen LogP contribution >= 0.6 is 0 Å². The van der Waals surface area contributed by atoms with Crippen molar-refractivity contribution in [2.24, 2.45) is 0 Å². The van der Waals surface area contributed by atoms with E-state index in [0.717, 1.165) is 37.4 Å². The summed E-state index contributed by atoms with van der Waals surface area (Å²) in [6, 6.07) is 3.97. The summed E-state index contributed by atoms with van der Waals surface area (Å²) in [5.41, 5.74) is 1.40. The van der Waals surface area contributed by atoms with Crippen LogP contribution < -0.4 is 5.32 Å². The van der Waals surface area contributed by atoms with Gasteiger partial charge in [0.1, 0.15) is 17.8 Å². The molecule has 0 atom stereocenters. The zero-order chi connectivity index (χ0) is 14.7. The van der Waals surface area contributed by atoms with Crippen LogP contribution in [0.1, 0.15) is 29.0 Å². The minimum Gasteiger partial charge on any atom is -0.367 e. The lowest BCUT2D eigenvalue weighted by Crippen LogP contribution is -2.42. The third-order valence-electron chi connectivity index (χ3n) is 3.64. The third kappa shape index (κ3) is 3.18. The Morgan fingerprint density at radius 3 is 2.86 bits per heavy atom. The molecule has 21 heavy (non-hydrogen) atoms. The number of H-pyrrole nitrogens is 1. The van der Waals surface area contributed by atoms with Crippen molar-refractivity contribution in [2.75, 3.05) is 18.4 Å². The first kappa shape index (κ1) is 13.5. The normalized spacial score (nSPS) is 16.0. The van der Waals surface area contributed by atoms with Crippen molar-refractivity contribution >= 4 is 11.7 Å². The Labute approximate surface area is 122 Å². The maximum Gasteiger partial charge on any atom is 0.274 e. The summed E-state index contributed by atoms with van der Waals surface area (Å²) in [6.07, 6.45) is 5.05. The van der Waals surface area contributed by atoms with Crippen LogP contribution in [-0.2, 0) is 0 Å². The van der Waals surface area contributed by atoms with E-state index in [0.29, 0.717) is 11.7 Å². The molecule has 2 aromatic heterocycles. The van der Waals surface area contributed by atoms with Gasteiger partial charge in [0, 0.05) is 31.0 Å². The summed E-state index contributed by atoms with van der Waals surface area (Å²) in [4.78, 5) is 22.2.